The van der Waals surface area contributed by atoms with Gasteiger partial charge in [-0.05, 0) is 39.8 Å². The number of benzene rings is 1. The lowest BCUT2D eigenvalue weighted by Crippen LogP contribution is -2.42. The smallest absolute Gasteiger partial charge is 0.257 e. The third-order valence-corrected chi connectivity index (χ3v) is 3.33. The molecule has 0 atom stereocenters. The molecule has 1 aromatic rings. The Morgan fingerprint density at radius 3 is 2.33 bits per heavy atom. The van der Waals surface area contributed by atoms with Crippen molar-refractivity contribution in [1.82, 2.24) is 10.2 Å². The summed E-state index contributed by atoms with van der Waals surface area (Å²) in [6.07, 6.45) is 0. The van der Waals surface area contributed by atoms with Crippen LogP contribution >= 0.6 is 0 Å². The van der Waals surface area contributed by atoms with Crippen molar-refractivity contribution in [1.29, 1.82) is 0 Å². The second-order valence-corrected chi connectivity index (χ2v) is 5.51. The normalized spacial score (nSPS) is 11.5. The van der Waals surface area contributed by atoms with Crippen molar-refractivity contribution in [3.63, 3.8) is 0 Å². The topological polar surface area (TPSA) is 58.4 Å². The number of nitrogens with one attached hydrogen (secondary N) is 1. The summed E-state index contributed by atoms with van der Waals surface area (Å²) in [4.78, 5) is 14.1. The number of nitrogen functional groups attached to an aromatic ring is 1. The van der Waals surface area contributed by atoms with Crippen molar-refractivity contribution in [2.75, 3.05) is 18.8 Å². The molecule has 0 aromatic heterocycles. The second kappa shape index (κ2) is 7.36. The Hall–Kier alpha value is -1.69. The Labute approximate surface area is 124 Å². The standard InChI is InChI=1S/C15H23F2N3O/c1-9(2)20(10(3)4)8-7-19-15(21)13-11(16)5-6-12(18)14(13)17/h5-6,9-10H,7-8,18H2,1-4H3,(H,19,21). The van der Waals surface area contributed by atoms with E-state index in [2.05, 4.69) is 37.9 Å². The highest BCUT2D eigenvalue weighted by Crippen LogP contribution is 2.18. The molecule has 0 aliphatic carbocycles. The van der Waals surface area contributed by atoms with Gasteiger partial charge in [0.25, 0.3) is 5.91 Å². The van der Waals surface area contributed by atoms with Gasteiger partial charge in [0, 0.05) is 25.2 Å². The Bertz CT molecular complexity index is 496. The van der Waals surface area contributed by atoms with Gasteiger partial charge in [0.2, 0.25) is 0 Å². The fourth-order valence-corrected chi connectivity index (χ4v) is 2.28. The molecule has 1 aromatic carbocycles. The molecule has 0 fully saturated rings. The second-order valence-electron chi connectivity index (χ2n) is 5.51. The lowest BCUT2D eigenvalue weighted by molar-refractivity contribution is 0.0931. The molecule has 0 heterocycles. The van der Waals surface area contributed by atoms with Crippen molar-refractivity contribution in [3.8, 4) is 0 Å². The number of hydrogen-bond acceptors (Lipinski definition) is 3. The number of rotatable bonds is 6. The molecule has 1 rings (SSSR count). The van der Waals surface area contributed by atoms with E-state index < -0.39 is 23.1 Å². The SMILES string of the molecule is CC(C)N(CCNC(=O)c1c(F)ccc(N)c1F)C(C)C. The summed E-state index contributed by atoms with van der Waals surface area (Å²) in [7, 11) is 0. The van der Waals surface area contributed by atoms with Crippen molar-refractivity contribution in [2.45, 2.75) is 39.8 Å². The van der Waals surface area contributed by atoms with Gasteiger partial charge in [-0.25, -0.2) is 8.78 Å². The van der Waals surface area contributed by atoms with Gasteiger partial charge in [0.15, 0.2) is 5.82 Å². The van der Waals surface area contributed by atoms with Gasteiger partial charge >= 0.3 is 0 Å². The molecule has 3 N–H and O–H groups in total. The lowest BCUT2D eigenvalue weighted by Gasteiger charge is -2.30. The summed E-state index contributed by atoms with van der Waals surface area (Å²) in [6.45, 7) is 9.13. The van der Waals surface area contributed by atoms with Crippen LogP contribution in [0, 0.1) is 11.6 Å². The maximum absolute atomic E-state index is 13.7. The van der Waals surface area contributed by atoms with E-state index in [4.69, 9.17) is 5.73 Å². The van der Waals surface area contributed by atoms with Gasteiger partial charge in [-0.15, -0.1) is 0 Å². The largest absolute Gasteiger partial charge is 0.396 e. The molecule has 0 spiro atoms. The summed E-state index contributed by atoms with van der Waals surface area (Å²) >= 11 is 0. The quantitative estimate of drug-likeness (QED) is 0.793. The zero-order chi connectivity index (χ0) is 16.2. The molecule has 1 amide bonds. The highest BCUT2D eigenvalue weighted by Gasteiger charge is 2.20. The van der Waals surface area contributed by atoms with Crippen LogP contribution in [0.5, 0.6) is 0 Å². The van der Waals surface area contributed by atoms with Gasteiger partial charge in [0.1, 0.15) is 11.4 Å². The van der Waals surface area contributed by atoms with Crippen LogP contribution < -0.4 is 11.1 Å². The number of halogens is 2. The number of nitrogens with zero attached hydrogens (tertiary/aromatic N) is 1. The maximum Gasteiger partial charge on any atom is 0.257 e. The van der Waals surface area contributed by atoms with Crippen molar-refractivity contribution in [3.05, 3.63) is 29.3 Å². The van der Waals surface area contributed by atoms with Gasteiger partial charge in [-0.1, -0.05) is 0 Å². The van der Waals surface area contributed by atoms with Gasteiger partial charge in [0.05, 0.1) is 5.69 Å². The molecular weight excluding hydrogens is 276 g/mol. The molecule has 118 valence electrons. The average Bonchev–Trinajstić information content (AvgIpc) is 2.38. The first-order valence-corrected chi connectivity index (χ1v) is 7.03. The first kappa shape index (κ1) is 17.4. The molecule has 0 aliphatic rings. The summed E-state index contributed by atoms with van der Waals surface area (Å²) in [6, 6.07) is 2.73. The van der Waals surface area contributed by atoms with Crippen LogP contribution in [-0.2, 0) is 0 Å². The van der Waals surface area contributed by atoms with Crippen molar-refractivity contribution < 1.29 is 13.6 Å². The van der Waals surface area contributed by atoms with Crippen LogP contribution in [0.25, 0.3) is 0 Å². The zero-order valence-electron chi connectivity index (χ0n) is 12.9. The molecule has 0 saturated carbocycles. The van der Waals surface area contributed by atoms with Gasteiger partial charge < -0.3 is 11.1 Å². The van der Waals surface area contributed by atoms with E-state index in [1.54, 1.807) is 0 Å². The number of anilines is 1. The fraction of sp³-hybridized carbons (Fsp3) is 0.533. The minimum absolute atomic E-state index is 0.243. The Kier molecular flexibility index (Phi) is 6.08. The lowest BCUT2D eigenvalue weighted by atomic mass is 10.1. The maximum atomic E-state index is 13.7. The van der Waals surface area contributed by atoms with Gasteiger partial charge in [-0.2, -0.15) is 0 Å². The van der Waals surface area contributed by atoms with Crippen LogP contribution in [0.3, 0.4) is 0 Å². The Morgan fingerprint density at radius 1 is 1.24 bits per heavy atom. The van der Waals surface area contributed by atoms with E-state index in [1.165, 1.54) is 0 Å². The fourth-order valence-electron chi connectivity index (χ4n) is 2.28. The summed E-state index contributed by atoms with van der Waals surface area (Å²) < 4.78 is 27.3. The number of nitrogens with two attached hydrogens (primary N) is 1. The van der Waals surface area contributed by atoms with E-state index >= 15 is 0 Å². The number of amides is 1. The molecule has 0 aliphatic heterocycles. The Balaban J connectivity index is 2.69. The third kappa shape index (κ3) is 4.39. The predicted octanol–water partition coefficient (Wildman–Crippen LogP) is 2.40. The number of carbonyl (C=O) groups is 1. The summed E-state index contributed by atoms with van der Waals surface area (Å²) in [5.41, 5.74) is 4.48. The van der Waals surface area contributed by atoms with Gasteiger partial charge in [-0.3, -0.25) is 9.69 Å². The molecule has 21 heavy (non-hydrogen) atoms. The van der Waals surface area contributed by atoms with E-state index in [1.807, 2.05) is 0 Å². The first-order valence-electron chi connectivity index (χ1n) is 7.03. The van der Waals surface area contributed by atoms with Crippen molar-refractivity contribution >= 4 is 11.6 Å². The molecule has 0 radical (unpaired) electrons. The summed E-state index contributed by atoms with van der Waals surface area (Å²) in [5.74, 6) is -2.72. The zero-order valence-corrected chi connectivity index (χ0v) is 12.9. The third-order valence-electron chi connectivity index (χ3n) is 3.33. The molecule has 4 nitrogen and oxygen atoms in total. The number of hydrogen-bond donors (Lipinski definition) is 2. The van der Waals surface area contributed by atoms with E-state index in [0.29, 0.717) is 25.2 Å². The monoisotopic (exact) mass is 299 g/mol. The summed E-state index contributed by atoms with van der Waals surface area (Å²) in [5, 5.41) is 2.53. The van der Waals surface area contributed by atoms with E-state index in [0.717, 1.165) is 12.1 Å². The highest BCUT2D eigenvalue weighted by atomic mass is 19.1. The molecular formula is C15H23F2N3O. The van der Waals surface area contributed by atoms with Crippen LogP contribution in [0.4, 0.5) is 14.5 Å². The predicted molar refractivity (Wildman–Crippen MR) is 80.1 cm³/mol. The van der Waals surface area contributed by atoms with Crippen LogP contribution in [0.15, 0.2) is 12.1 Å². The minimum Gasteiger partial charge on any atom is -0.396 e. The van der Waals surface area contributed by atoms with Crippen LogP contribution in [-0.4, -0.2) is 36.0 Å². The minimum atomic E-state index is -1.02. The van der Waals surface area contributed by atoms with E-state index in [9.17, 15) is 13.6 Å². The first-order chi connectivity index (χ1) is 9.75. The molecule has 0 unspecified atom stereocenters. The van der Waals surface area contributed by atoms with E-state index in [-0.39, 0.29) is 5.69 Å². The Morgan fingerprint density at radius 2 is 1.81 bits per heavy atom. The number of carbonyl (C=O) groups excluding carboxylic acids is 1. The van der Waals surface area contributed by atoms with Crippen LogP contribution in [0.1, 0.15) is 38.1 Å². The average molecular weight is 299 g/mol. The van der Waals surface area contributed by atoms with Crippen molar-refractivity contribution in [2.24, 2.45) is 0 Å². The molecule has 0 bridgehead atoms. The molecule has 0 saturated heterocycles. The molecule has 6 heteroatoms. The van der Waals surface area contributed by atoms with Crippen LogP contribution in [0.2, 0.25) is 0 Å². The highest BCUT2D eigenvalue weighted by molar-refractivity contribution is 5.95.